The van der Waals surface area contributed by atoms with Crippen LogP contribution in [0.3, 0.4) is 0 Å². The van der Waals surface area contributed by atoms with Crippen molar-refractivity contribution < 1.29 is 27.5 Å². The summed E-state index contributed by atoms with van der Waals surface area (Å²) in [4.78, 5) is 24.3. The summed E-state index contributed by atoms with van der Waals surface area (Å²) in [5.41, 5.74) is 1.99. The van der Waals surface area contributed by atoms with Crippen molar-refractivity contribution in [2.45, 2.75) is 33.1 Å². The summed E-state index contributed by atoms with van der Waals surface area (Å²) in [6.45, 7) is 4.03. The lowest BCUT2D eigenvalue weighted by Gasteiger charge is -2.29. The Kier molecular flexibility index (Phi) is 6.24. The highest BCUT2D eigenvalue weighted by Crippen LogP contribution is 2.35. The molecule has 0 atom stereocenters. The van der Waals surface area contributed by atoms with Gasteiger partial charge in [-0.25, -0.2) is 4.79 Å². The average Bonchev–Trinajstić information content (AvgIpc) is 2.62. The third-order valence-corrected chi connectivity index (χ3v) is 4.47. The van der Waals surface area contributed by atoms with E-state index in [1.54, 1.807) is 30.3 Å². The molecule has 0 heterocycles. The van der Waals surface area contributed by atoms with E-state index in [1.165, 1.54) is 12.1 Å². The minimum Gasteiger partial charge on any atom is -0.406 e. The number of alkyl halides is 3. The lowest BCUT2D eigenvalue weighted by molar-refractivity contribution is -0.274. The fraction of sp³-hybridized carbons (Fsp3) is 0.273. The quantitative estimate of drug-likeness (QED) is 0.547. The molecule has 0 unspecified atom stereocenters. The van der Waals surface area contributed by atoms with Gasteiger partial charge >= 0.3 is 12.4 Å². The molecule has 0 aliphatic heterocycles. The van der Waals surface area contributed by atoms with Crippen molar-refractivity contribution in [3.63, 3.8) is 0 Å². The summed E-state index contributed by atoms with van der Waals surface area (Å²) >= 11 is 0. The number of para-hydroxylation sites is 2. The maximum atomic E-state index is 12.4. The Labute approximate surface area is 177 Å². The molecule has 9 heteroatoms. The molecular formula is C22H22F3N3O3. The average molecular weight is 433 g/mol. The fourth-order valence-electron chi connectivity index (χ4n) is 3.33. The number of nitrogens with one attached hydrogen (secondary N) is 3. The minimum atomic E-state index is -4.78. The van der Waals surface area contributed by atoms with Gasteiger partial charge in [-0.2, -0.15) is 0 Å². The van der Waals surface area contributed by atoms with Crippen LogP contribution in [-0.4, -0.2) is 18.2 Å². The van der Waals surface area contributed by atoms with Crippen LogP contribution in [0.15, 0.2) is 60.3 Å². The van der Waals surface area contributed by atoms with Gasteiger partial charge in [-0.1, -0.05) is 26.0 Å². The Morgan fingerprint density at radius 1 is 0.968 bits per heavy atom. The first-order valence-electron chi connectivity index (χ1n) is 9.52. The first-order chi connectivity index (χ1) is 14.5. The Bertz CT molecular complexity index is 999. The van der Waals surface area contributed by atoms with Crippen LogP contribution in [0.1, 0.15) is 26.7 Å². The number of amides is 2. The van der Waals surface area contributed by atoms with E-state index in [4.69, 9.17) is 0 Å². The number of hydrogen-bond acceptors (Lipinski definition) is 4. The Balaban J connectivity index is 1.65. The van der Waals surface area contributed by atoms with E-state index in [9.17, 15) is 22.8 Å². The zero-order valence-corrected chi connectivity index (χ0v) is 17.0. The lowest BCUT2D eigenvalue weighted by atomic mass is 9.79. The maximum absolute atomic E-state index is 12.4. The standard InChI is InChI=1S/C22H22F3N3O3/c1-21(2)12-15(11-16(29)13-21)26-18-5-3-4-6-19(18)28-20(30)27-14-7-9-17(10-8-14)31-22(23,24)25/h3-11,26H,12-13H2,1-2H3,(H2,27,28,30). The van der Waals surface area contributed by atoms with E-state index in [1.807, 2.05) is 13.8 Å². The van der Waals surface area contributed by atoms with Gasteiger partial charge in [-0.05, 0) is 48.2 Å². The highest BCUT2D eigenvalue weighted by atomic mass is 19.4. The number of urea groups is 1. The molecule has 2 amide bonds. The second-order valence-electron chi connectivity index (χ2n) is 7.98. The van der Waals surface area contributed by atoms with Crippen LogP contribution in [-0.2, 0) is 4.79 Å². The number of benzene rings is 2. The van der Waals surface area contributed by atoms with Crippen LogP contribution in [0.2, 0.25) is 0 Å². The molecule has 0 aromatic heterocycles. The lowest BCUT2D eigenvalue weighted by Crippen LogP contribution is -2.25. The smallest absolute Gasteiger partial charge is 0.406 e. The molecule has 1 aliphatic carbocycles. The molecule has 31 heavy (non-hydrogen) atoms. The zero-order chi connectivity index (χ0) is 22.6. The molecule has 6 nitrogen and oxygen atoms in total. The summed E-state index contributed by atoms with van der Waals surface area (Å²) in [5.74, 6) is -0.342. The zero-order valence-electron chi connectivity index (χ0n) is 17.0. The third kappa shape index (κ3) is 6.77. The fourth-order valence-corrected chi connectivity index (χ4v) is 3.33. The van der Waals surface area contributed by atoms with Gasteiger partial charge in [-0.15, -0.1) is 13.2 Å². The molecule has 0 bridgehead atoms. The topological polar surface area (TPSA) is 79.5 Å². The van der Waals surface area contributed by atoms with Gasteiger partial charge in [0.2, 0.25) is 0 Å². The summed E-state index contributed by atoms with van der Waals surface area (Å²) in [5, 5.41) is 8.45. The van der Waals surface area contributed by atoms with Crippen molar-refractivity contribution in [2.24, 2.45) is 5.41 Å². The van der Waals surface area contributed by atoms with Crippen molar-refractivity contribution in [3.8, 4) is 5.75 Å². The maximum Gasteiger partial charge on any atom is 0.573 e. The normalized spacial score (nSPS) is 15.6. The summed E-state index contributed by atoms with van der Waals surface area (Å²) in [6, 6.07) is 11.2. The van der Waals surface area contributed by atoms with Gasteiger partial charge < -0.3 is 20.7 Å². The molecule has 2 aromatic carbocycles. The molecule has 3 rings (SSSR count). The van der Waals surface area contributed by atoms with Gasteiger partial charge in [0.15, 0.2) is 5.78 Å². The molecule has 2 aromatic rings. The van der Waals surface area contributed by atoms with Crippen molar-refractivity contribution in [2.75, 3.05) is 16.0 Å². The first-order valence-corrected chi connectivity index (χ1v) is 9.52. The Morgan fingerprint density at radius 3 is 2.23 bits per heavy atom. The highest BCUT2D eigenvalue weighted by molar-refractivity contribution is 6.02. The van der Waals surface area contributed by atoms with Crippen LogP contribution in [0, 0.1) is 5.41 Å². The van der Waals surface area contributed by atoms with Crippen LogP contribution < -0.4 is 20.7 Å². The monoisotopic (exact) mass is 433 g/mol. The number of ketones is 1. The van der Waals surface area contributed by atoms with E-state index in [-0.39, 0.29) is 16.9 Å². The number of allylic oxidation sites excluding steroid dienone is 2. The number of ether oxygens (including phenoxy) is 1. The van der Waals surface area contributed by atoms with Gasteiger partial charge in [0.05, 0.1) is 11.4 Å². The van der Waals surface area contributed by atoms with Crippen molar-refractivity contribution in [3.05, 3.63) is 60.3 Å². The molecule has 0 radical (unpaired) electrons. The van der Waals surface area contributed by atoms with Crippen molar-refractivity contribution in [1.82, 2.24) is 0 Å². The first kappa shape index (κ1) is 22.2. The summed E-state index contributed by atoms with van der Waals surface area (Å²) in [7, 11) is 0. The number of rotatable bonds is 5. The van der Waals surface area contributed by atoms with Crippen molar-refractivity contribution >= 4 is 28.9 Å². The molecule has 0 saturated heterocycles. The third-order valence-electron chi connectivity index (χ3n) is 4.47. The van der Waals surface area contributed by atoms with Crippen LogP contribution in [0.25, 0.3) is 0 Å². The summed E-state index contributed by atoms with van der Waals surface area (Å²) < 4.78 is 40.5. The van der Waals surface area contributed by atoms with Crippen LogP contribution in [0.4, 0.5) is 35.0 Å². The molecular weight excluding hydrogens is 411 g/mol. The van der Waals surface area contributed by atoms with E-state index in [0.717, 1.165) is 17.8 Å². The van der Waals surface area contributed by atoms with E-state index in [0.29, 0.717) is 29.9 Å². The van der Waals surface area contributed by atoms with Gasteiger partial charge in [-0.3, -0.25) is 4.79 Å². The highest BCUT2D eigenvalue weighted by Gasteiger charge is 2.31. The Hall–Kier alpha value is -3.49. The molecule has 0 fully saturated rings. The van der Waals surface area contributed by atoms with Crippen LogP contribution in [0.5, 0.6) is 5.75 Å². The van der Waals surface area contributed by atoms with Gasteiger partial charge in [0.25, 0.3) is 0 Å². The molecule has 3 N–H and O–H groups in total. The number of hydrogen-bond donors (Lipinski definition) is 3. The number of anilines is 3. The number of carbonyl (C=O) groups excluding carboxylic acids is 2. The van der Waals surface area contributed by atoms with Gasteiger partial charge in [0, 0.05) is 23.9 Å². The predicted molar refractivity (Wildman–Crippen MR) is 112 cm³/mol. The second kappa shape index (κ2) is 8.71. The number of halogens is 3. The summed E-state index contributed by atoms with van der Waals surface area (Å²) in [6.07, 6.45) is -2.04. The molecule has 0 spiro atoms. The van der Waals surface area contributed by atoms with Crippen molar-refractivity contribution in [1.29, 1.82) is 0 Å². The Morgan fingerprint density at radius 2 is 1.61 bits per heavy atom. The van der Waals surface area contributed by atoms with Gasteiger partial charge in [0.1, 0.15) is 5.75 Å². The largest absolute Gasteiger partial charge is 0.573 e. The second-order valence-corrected chi connectivity index (χ2v) is 7.98. The molecule has 0 saturated carbocycles. The molecule has 164 valence electrons. The van der Waals surface area contributed by atoms with E-state index >= 15 is 0 Å². The van der Waals surface area contributed by atoms with Crippen LogP contribution >= 0.6 is 0 Å². The predicted octanol–water partition coefficient (Wildman–Crippen LogP) is 5.91. The SMILES string of the molecule is CC1(C)CC(=O)C=C(Nc2ccccc2NC(=O)Nc2ccc(OC(F)(F)F)cc2)C1. The van der Waals surface area contributed by atoms with E-state index in [2.05, 4.69) is 20.7 Å². The number of carbonyl (C=O) groups is 2. The molecule has 1 aliphatic rings. The van der Waals surface area contributed by atoms with E-state index < -0.39 is 12.4 Å². The minimum absolute atomic E-state index is 0.0416.